The van der Waals surface area contributed by atoms with Gasteiger partial charge in [-0.3, -0.25) is 14.4 Å². The highest BCUT2D eigenvalue weighted by molar-refractivity contribution is 7.89. The minimum absolute atomic E-state index is 0.169. The zero-order valence-corrected chi connectivity index (χ0v) is 20.4. The number of hydrogen-bond donors (Lipinski definition) is 1. The van der Waals surface area contributed by atoms with Crippen molar-refractivity contribution in [3.8, 4) is 5.75 Å². The Balaban J connectivity index is 1.75. The molecule has 0 aromatic heterocycles. The minimum Gasteiger partial charge on any atom is -0.480 e. The molecule has 0 saturated carbocycles. The summed E-state index contributed by atoms with van der Waals surface area (Å²) in [6, 6.07) is 11.9. The van der Waals surface area contributed by atoms with Crippen molar-refractivity contribution >= 4 is 27.6 Å². The summed E-state index contributed by atoms with van der Waals surface area (Å²) in [5.74, 6) is -2.01. The maximum atomic E-state index is 13.0. The maximum absolute atomic E-state index is 13.0. The van der Waals surface area contributed by atoms with E-state index in [0.717, 1.165) is 31.5 Å². The Morgan fingerprint density at radius 2 is 1.76 bits per heavy atom. The van der Waals surface area contributed by atoms with Crippen LogP contribution in [-0.2, 0) is 24.4 Å². The Labute approximate surface area is 199 Å². The highest BCUT2D eigenvalue weighted by Crippen LogP contribution is 2.29. The summed E-state index contributed by atoms with van der Waals surface area (Å²) in [6.07, 6.45) is 2.92. The molecule has 0 amide bonds. The number of benzene rings is 2. The number of aryl methyl sites for hydroxylation is 1. The standard InChI is InChI=1S/C24H30N2O7S/c1-4-21(18-7-9-19(10-8-18)25-13-5-6-14-25)24(29)33-22-12-11-20(15-17(22)2)34(30,31)26(32-3)16-23(27)28/h7-12,15,21H,4-6,13-14,16H2,1-3H3,(H,27,28). The van der Waals surface area contributed by atoms with E-state index >= 15 is 0 Å². The summed E-state index contributed by atoms with van der Waals surface area (Å²) < 4.78 is 31.3. The third-order valence-corrected chi connectivity index (χ3v) is 7.51. The van der Waals surface area contributed by atoms with Gasteiger partial charge in [0, 0.05) is 18.8 Å². The van der Waals surface area contributed by atoms with E-state index in [4.69, 9.17) is 14.7 Å². The zero-order chi connectivity index (χ0) is 24.9. The van der Waals surface area contributed by atoms with Crippen LogP contribution in [0.3, 0.4) is 0 Å². The van der Waals surface area contributed by atoms with E-state index in [1.54, 1.807) is 6.92 Å². The van der Waals surface area contributed by atoms with Crippen molar-refractivity contribution in [3.05, 3.63) is 53.6 Å². The number of carboxylic acid groups (broad SMARTS) is 1. The van der Waals surface area contributed by atoms with E-state index in [2.05, 4.69) is 4.90 Å². The summed E-state index contributed by atoms with van der Waals surface area (Å²) in [5.41, 5.74) is 2.42. The number of hydrogen-bond acceptors (Lipinski definition) is 7. The van der Waals surface area contributed by atoms with Crippen LogP contribution in [0.25, 0.3) is 0 Å². The average Bonchev–Trinajstić information content (AvgIpc) is 3.34. The van der Waals surface area contributed by atoms with Gasteiger partial charge in [-0.15, -0.1) is 0 Å². The van der Waals surface area contributed by atoms with Gasteiger partial charge in [0.1, 0.15) is 12.3 Å². The summed E-state index contributed by atoms with van der Waals surface area (Å²) in [7, 11) is -3.13. The third-order valence-electron chi connectivity index (χ3n) is 5.85. The monoisotopic (exact) mass is 490 g/mol. The molecular formula is C24H30N2O7S. The van der Waals surface area contributed by atoms with Gasteiger partial charge in [-0.2, -0.15) is 0 Å². The van der Waals surface area contributed by atoms with Gasteiger partial charge in [0.2, 0.25) is 0 Å². The first-order chi connectivity index (χ1) is 16.2. The molecule has 1 atom stereocenters. The van der Waals surface area contributed by atoms with Gasteiger partial charge in [0.05, 0.1) is 17.9 Å². The summed E-state index contributed by atoms with van der Waals surface area (Å²) in [6.45, 7) is 4.76. The normalized spacial score (nSPS) is 14.9. The highest BCUT2D eigenvalue weighted by atomic mass is 32.2. The van der Waals surface area contributed by atoms with Crippen LogP contribution >= 0.6 is 0 Å². The van der Waals surface area contributed by atoms with Gasteiger partial charge >= 0.3 is 11.9 Å². The smallest absolute Gasteiger partial charge is 0.321 e. The second-order valence-corrected chi connectivity index (χ2v) is 9.97. The second kappa shape index (κ2) is 11.0. The van der Waals surface area contributed by atoms with Crippen molar-refractivity contribution in [2.45, 2.75) is 43.9 Å². The highest BCUT2D eigenvalue weighted by Gasteiger charge is 2.28. The molecule has 1 aliphatic heterocycles. The largest absolute Gasteiger partial charge is 0.480 e. The van der Waals surface area contributed by atoms with Crippen LogP contribution in [0, 0.1) is 6.92 Å². The Hall–Kier alpha value is -2.95. The summed E-state index contributed by atoms with van der Waals surface area (Å²) >= 11 is 0. The van der Waals surface area contributed by atoms with Crippen LogP contribution in [0.15, 0.2) is 47.4 Å². The summed E-state index contributed by atoms with van der Waals surface area (Å²) in [4.78, 5) is 30.8. The van der Waals surface area contributed by atoms with Crippen LogP contribution in [0.5, 0.6) is 5.75 Å². The lowest BCUT2D eigenvalue weighted by Gasteiger charge is -2.20. The van der Waals surface area contributed by atoms with Gasteiger partial charge in [-0.25, -0.2) is 8.42 Å². The lowest BCUT2D eigenvalue weighted by Crippen LogP contribution is -2.34. The first-order valence-corrected chi connectivity index (χ1v) is 12.6. The average molecular weight is 491 g/mol. The number of hydroxylamine groups is 1. The number of anilines is 1. The molecule has 1 fully saturated rings. The molecule has 0 bridgehead atoms. The Kier molecular flexibility index (Phi) is 8.29. The number of carbonyl (C=O) groups is 2. The van der Waals surface area contributed by atoms with Crippen molar-refractivity contribution in [2.24, 2.45) is 0 Å². The van der Waals surface area contributed by atoms with Crippen molar-refractivity contribution in [3.63, 3.8) is 0 Å². The van der Waals surface area contributed by atoms with Crippen LogP contribution < -0.4 is 9.64 Å². The van der Waals surface area contributed by atoms with E-state index in [1.165, 1.54) is 31.0 Å². The number of carbonyl (C=O) groups excluding carboxylic acids is 1. The lowest BCUT2D eigenvalue weighted by molar-refractivity contribution is -0.145. The van der Waals surface area contributed by atoms with E-state index in [-0.39, 0.29) is 10.6 Å². The fourth-order valence-corrected chi connectivity index (χ4v) is 5.26. The molecule has 2 aromatic carbocycles. The Bertz CT molecular complexity index is 1130. The fourth-order valence-electron chi connectivity index (χ4n) is 3.98. The van der Waals surface area contributed by atoms with Gasteiger partial charge in [0.15, 0.2) is 0 Å². The van der Waals surface area contributed by atoms with E-state index in [9.17, 15) is 18.0 Å². The van der Waals surface area contributed by atoms with Crippen LogP contribution in [0.4, 0.5) is 5.69 Å². The van der Waals surface area contributed by atoms with E-state index in [0.29, 0.717) is 16.5 Å². The number of carboxylic acids is 1. The SMILES string of the molecule is CCC(C(=O)Oc1ccc(S(=O)(=O)N(CC(=O)O)OC)cc1C)c1ccc(N2CCCC2)cc1. The van der Waals surface area contributed by atoms with Crippen LogP contribution in [-0.4, -0.2) is 56.7 Å². The Morgan fingerprint density at radius 3 is 2.29 bits per heavy atom. The third kappa shape index (κ3) is 5.75. The predicted molar refractivity (Wildman–Crippen MR) is 126 cm³/mol. The maximum Gasteiger partial charge on any atom is 0.321 e. The summed E-state index contributed by atoms with van der Waals surface area (Å²) in [5, 5.41) is 8.92. The molecule has 1 saturated heterocycles. The van der Waals surface area contributed by atoms with Crippen molar-refractivity contribution in [1.29, 1.82) is 0 Å². The van der Waals surface area contributed by atoms with E-state index in [1.807, 2.05) is 31.2 Å². The number of sulfonamides is 1. The molecule has 0 aliphatic carbocycles. The zero-order valence-electron chi connectivity index (χ0n) is 19.6. The molecule has 10 heteroatoms. The van der Waals surface area contributed by atoms with Crippen LogP contribution in [0.2, 0.25) is 0 Å². The van der Waals surface area contributed by atoms with Crippen molar-refractivity contribution in [1.82, 2.24) is 4.47 Å². The molecule has 0 radical (unpaired) electrons. The van der Waals surface area contributed by atoms with E-state index < -0.39 is 34.4 Å². The quantitative estimate of drug-likeness (QED) is 0.307. The molecule has 1 unspecified atom stereocenters. The molecule has 34 heavy (non-hydrogen) atoms. The lowest BCUT2D eigenvalue weighted by atomic mass is 9.96. The molecule has 1 N–H and O–H groups in total. The molecule has 1 heterocycles. The number of esters is 1. The van der Waals surface area contributed by atoms with Gasteiger partial charge in [0.25, 0.3) is 10.0 Å². The number of nitrogens with zero attached hydrogens (tertiary/aromatic N) is 2. The first-order valence-electron chi connectivity index (χ1n) is 11.1. The molecule has 1 aliphatic rings. The molecular weight excluding hydrogens is 460 g/mol. The fraction of sp³-hybridized carbons (Fsp3) is 0.417. The van der Waals surface area contributed by atoms with Gasteiger partial charge in [-0.1, -0.05) is 23.5 Å². The second-order valence-electron chi connectivity index (χ2n) is 8.14. The van der Waals surface area contributed by atoms with Crippen LogP contribution in [0.1, 0.15) is 43.2 Å². The predicted octanol–water partition coefficient (Wildman–Crippen LogP) is 3.33. The number of rotatable bonds is 10. The first kappa shape index (κ1) is 25.7. The topological polar surface area (TPSA) is 113 Å². The van der Waals surface area contributed by atoms with Gasteiger partial charge < -0.3 is 14.7 Å². The number of ether oxygens (including phenoxy) is 1. The molecule has 2 aromatic rings. The molecule has 0 spiro atoms. The number of aliphatic carboxylic acids is 1. The van der Waals surface area contributed by atoms with Gasteiger partial charge in [-0.05, 0) is 67.6 Å². The Morgan fingerprint density at radius 1 is 1.12 bits per heavy atom. The molecule has 3 rings (SSSR count). The van der Waals surface area contributed by atoms with Crippen molar-refractivity contribution < 1.29 is 32.7 Å². The minimum atomic E-state index is -4.20. The molecule has 184 valence electrons. The molecule has 9 nitrogen and oxygen atoms in total. The van der Waals surface area contributed by atoms with Crippen molar-refractivity contribution in [2.75, 3.05) is 31.6 Å².